The van der Waals surface area contributed by atoms with Gasteiger partial charge in [0.15, 0.2) is 5.69 Å². The van der Waals surface area contributed by atoms with Crippen molar-refractivity contribution in [2.24, 2.45) is 0 Å². The zero-order chi connectivity index (χ0) is 39.3. The van der Waals surface area contributed by atoms with Crippen LogP contribution in [0.15, 0.2) is 12.1 Å². The molecule has 4 rings (SSSR count). The minimum atomic E-state index is -0.332. The van der Waals surface area contributed by atoms with Gasteiger partial charge in [-0.1, -0.05) is 156 Å². The fraction of sp³-hybridized carbons (Fsp3) is 0.694. The van der Waals surface area contributed by atoms with Crippen molar-refractivity contribution in [1.29, 1.82) is 0 Å². The second-order valence-electron chi connectivity index (χ2n) is 16.5. The minimum absolute atomic E-state index is 0.332. The fourth-order valence-corrected chi connectivity index (χ4v) is 8.09. The Balaban J connectivity index is 1.71. The van der Waals surface area contributed by atoms with Crippen LogP contribution in [0, 0.1) is 13.8 Å². The Labute approximate surface area is 334 Å². The predicted octanol–water partition coefficient (Wildman–Crippen LogP) is 14.6. The third kappa shape index (κ3) is 13.8. The SMILES string of the molecule is CCCCCCCCOC(=O)c1nc2c(C)cc3c(cc(C)c4nc(CCCCCCCC)c(CCCCCCCC)nc43)c2nc1CCCCCCCC. The molecule has 0 aliphatic rings. The van der Waals surface area contributed by atoms with Gasteiger partial charge in [-0.15, -0.1) is 0 Å². The summed E-state index contributed by atoms with van der Waals surface area (Å²) in [6.45, 7) is 13.7. The number of carbonyl (C=O) groups is 1. The van der Waals surface area contributed by atoms with Crippen LogP contribution in [0.2, 0.25) is 0 Å². The molecular formula is C49H76N4O2. The number of hydrogen-bond donors (Lipinski definition) is 0. The number of aryl methyl sites for hydroxylation is 5. The largest absolute Gasteiger partial charge is 0.461 e. The first-order chi connectivity index (χ1) is 26.9. The number of nitrogens with zero attached hydrogens (tertiary/aromatic N) is 4. The molecule has 0 atom stereocenters. The smallest absolute Gasteiger partial charge is 0.358 e. The summed E-state index contributed by atoms with van der Waals surface area (Å²) in [6.07, 6.45) is 32.0. The number of unbranched alkanes of at least 4 members (excludes halogenated alkanes) is 20. The zero-order valence-electron chi connectivity index (χ0n) is 36.1. The molecule has 6 heteroatoms. The number of esters is 1. The summed E-state index contributed by atoms with van der Waals surface area (Å²) >= 11 is 0. The van der Waals surface area contributed by atoms with Gasteiger partial charge >= 0.3 is 5.97 Å². The van der Waals surface area contributed by atoms with E-state index in [0.29, 0.717) is 12.3 Å². The highest BCUT2D eigenvalue weighted by molar-refractivity contribution is 6.15. The molecule has 2 aromatic carbocycles. The predicted molar refractivity (Wildman–Crippen MR) is 235 cm³/mol. The first kappa shape index (κ1) is 44.6. The minimum Gasteiger partial charge on any atom is -0.461 e. The third-order valence-electron chi connectivity index (χ3n) is 11.5. The highest BCUT2D eigenvalue weighted by Gasteiger charge is 2.22. The average Bonchev–Trinajstić information content (AvgIpc) is 3.19. The van der Waals surface area contributed by atoms with Crippen molar-refractivity contribution >= 4 is 38.8 Å². The normalized spacial score (nSPS) is 11.7. The molecule has 0 radical (unpaired) electrons. The molecule has 0 fully saturated rings. The zero-order valence-corrected chi connectivity index (χ0v) is 36.1. The summed E-state index contributed by atoms with van der Waals surface area (Å²) in [5, 5.41) is 2.14. The van der Waals surface area contributed by atoms with Gasteiger partial charge in [-0.2, -0.15) is 0 Å². The lowest BCUT2D eigenvalue weighted by molar-refractivity contribution is 0.0489. The first-order valence-corrected chi connectivity index (χ1v) is 23.0. The summed E-state index contributed by atoms with van der Waals surface area (Å²) in [5.41, 5.74) is 9.30. The lowest BCUT2D eigenvalue weighted by Gasteiger charge is -2.16. The van der Waals surface area contributed by atoms with Gasteiger partial charge < -0.3 is 4.74 Å². The quantitative estimate of drug-likeness (QED) is 0.0312. The van der Waals surface area contributed by atoms with Crippen molar-refractivity contribution in [3.05, 3.63) is 46.0 Å². The van der Waals surface area contributed by atoms with Crippen molar-refractivity contribution in [3.8, 4) is 0 Å². The molecule has 0 spiro atoms. The maximum Gasteiger partial charge on any atom is 0.358 e. The van der Waals surface area contributed by atoms with Crippen molar-refractivity contribution in [2.45, 2.75) is 215 Å². The average molecular weight is 753 g/mol. The Kier molecular flexibility index (Phi) is 20.4. The van der Waals surface area contributed by atoms with Crippen molar-refractivity contribution in [1.82, 2.24) is 19.9 Å². The van der Waals surface area contributed by atoms with E-state index < -0.39 is 0 Å². The Morgan fingerprint density at radius 2 is 0.782 bits per heavy atom. The van der Waals surface area contributed by atoms with Crippen LogP contribution in [0.3, 0.4) is 0 Å². The molecule has 2 heterocycles. The number of hydrogen-bond acceptors (Lipinski definition) is 6. The molecule has 55 heavy (non-hydrogen) atoms. The molecular weight excluding hydrogens is 677 g/mol. The molecule has 0 aliphatic carbocycles. The first-order valence-electron chi connectivity index (χ1n) is 23.0. The molecule has 0 saturated carbocycles. The van der Waals surface area contributed by atoms with Crippen molar-refractivity contribution in [2.75, 3.05) is 6.61 Å². The molecule has 0 bridgehead atoms. The van der Waals surface area contributed by atoms with E-state index in [2.05, 4.69) is 53.7 Å². The van der Waals surface area contributed by atoms with E-state index >= 15 is 0 Å². The highest BCUT2D eigenvalue weighted by Crippen LogP contribution is 2.34. The molecule has 304 valence electrons. The van der Waals surface area contributed by atoms with E-state index in [9.17, 15) is 4.79 Å². The Morgan fingerprint density at radius 3 is 1.24 bits per heavy atom. The van der Waals surface area contributed by atoms with Crippen LogP contribution in [-0.2, 0) is 24.0 Å². The van der Waals surface area contributed by atoms with Gasteiger partial charge in [0.2, 0.25) is 0 Å². The summed E-state index contributed by atoms with van der Waals surface area (Å²) in [5.74, 6) is -0.332. The van der Waals surface area contributed by atoms with Crippen molar-refractivity contribution < 1.29 is 9.53 Å². The van der Waals surface area contributed by atoms with Crippen LogP contribution in [-0.4, -0.2) is 32.5 Å². The van der Waals surface area contributed by atoms with Crippen LogP contribution in [0.4, 0.5) is 0 Å². The summed E-state index contributed by atoms with van der Waals surface area (Å²) in [7, 11) is 0. The third-order valence-corrected chi connectivity index (χ3v) is 11.5. The van der Waals surface area contributed by atoms with Crippen LogP contribution < -0.4 is 0 Å². The molecule has 0 unspecified atom stereocenters. The Bertz CT molecular complexity index is 1750. The molecule has 0 amide bonds. The Morgan fingerprint density at radius 1 is 0.436 bits per heavy atom. The standard InChI is InChI=1S/C49H76N4O2/c1-7-11-15-19-23-27-31-41-42(32-28-24-20-16-12-8-2)51-46-39-36-38(6)45-47(40(39)35-37(5)44(46)50-41)52-43(33-29-25-21-17-13-9-3)48(53-45)49(54)55-34-30-26-22-18-14-10-4/h35-36H,7-34H2,1-6H3. The molecule has 4 aromatic rings. The summed E-state index contributed by atoms with van der Waals surface area (Å²) < 4.78 is 5.86. The lowest BCUT2D eigenvalue weighted by atomic mass is 9.98. The molecule has 0 N–H and O–H groups in total. The second-order valence-corrected chi connectivity index (χ2v) is 16.5. The molecule has 2 aromatic heterocycles. The number of benzene rings is 2. The van der Waals surface area contributed by atoms with Crippen molar-refractivity contribution in [3.63, 3.8) is 0 Å². The molecule has 0 aliphatic heterocycles. The van der Waals surface area contributed by atoms with Gasteiger partial charge in [0.1, 0.15) is 0 Å². The van der Waals surface area contributed by atoms with E-state index in [0.717, 1.165) is 101 Å². The van der Waals surface area contributed by atoms with Crippen LogP contribution >= 0.6 is 0 Å². The van der Waals surface area contributed by atoms with Crippen LogP contribution in [0.1, 0.15) is 220 Å². The maximum atomic E-state index is 13.6. The van der Waals surface area contributed by atoms with Gasteiger partial charge in [0.05, 0.1) is 45.8 Å². The van der Waals surface area contributed by atoms with E-state index in [-0.39, 0.29) is 5.97 Å². The monoisotopic (exact) mass is 753 g/mol. The van der Waals surface area contributed by atoms with E-state index in [1.165, 1.54) is 133 Å². The molecule has 0 saturated heterocycles. The summed E-state index contributed by atoms with van der Waals surface area (Å²) in [6, 6.07) is 4.46. The number of aromatic nitrogens is 4. The van der Waals surface area contributed by atoms with Gasteiger partial charge in [-0.3, -0.25) is 0 Å². The van der Waals surface area contributed by atoms with E-state index in [1.807, 2.05) is 0 Å². The number of fused-ring (bicyclic) bond motifs is 5. The van der Waals surface area contributed by atoms with Gasteiger partial charge in [0.25, 0.3) is 0 Å². The fourth-order valence-electron chi connectivity index (χ4n) is 8.09. The van der Waals surface area contributed by atoms with Crippen LogP contribution in [0.25, 0.3) is 32.8 Å². The topological polar surface area (TPSA) is 77.9 Å². The molecule has 6 nitrogen and oxygen atoms in total. The number of carbonyl (C=O) groups excluding carboxylic acids is 1. The maximum absolute atomic E-state index is 13.6. The Hall–Kier alpha value is -3.15. The van der Waals surface area contributed by atoms with E-state index in [4.69, 9.17) is 24.7 Å². The van der Waals surface area contributed by atoms with Gasteiger partial charge in [-0.05, 0) is 82.1 Å². The summed E-state index contributed by atoms with van der Waals surface area (Å²) in [4.78, 5) is 35.0. The lowest BCUT2D eigenvalue weighted by Crippen LogP contribution is -2.14. The second kappa shape index (κ2) is 25.2. The van der Waals surface area contributed by atoms with Crippen LogP contribution in [0.5, 0.6) is 0 Å². The number of rotatable bonds is 29. The van der Waals surface area contributed by atoms with E-state index in [1.54, 1.807) is 0 Å². The van der Waals surface area contributed by atoms with Gasteiger partial charge in [0, 0.05) is 10.8 Å². The number of ether oxygens (including phenoxy) is 1. The highest BCUT2D eigenvalue weighted by atomic mass is 16.5. The van der Waals surface area contributed by atoms with Gasteiger partial charge in [-0.25, -0.2) is 24.7 Å².